The van der Waals surface area contributed by atoms with Gasteiger partial charge in [0.25, 0.3) is 5.91 Å². The molecular formula is C17H16BrFN2OS. The van der Waals surface area contributed by atoms with E-state index >= 15 is 0 Å². The number of aromatic nitrogens is 1. The average Bonchev–Trinajstić information content (AvgIpc) is 2.98. The summed E-state index contributed by atoms with van der Waals surface area (Å²) in [7, 11) is 0. The molecule has 0 aliphatic carbocycles. The van der Waals surface area contributed by atoms with Crippen molar-refractivity contribution in [3.05, 3.63) is 57.3 Å². The fourth-order valence-corrected chi connectivity index (χ4v) is 4.04. The van der Waals surface area contributed by atoms with Crippen LogP contribution in [-0.4, -0.2) is 16.5 Å². The lowest BCUT2D eigenvalue weighted by Gasteiger charge is -2.12. The van der Waals surface area contributed by atoms with Crippen LogP contribution in [0.3, 0.4) is 0 Å². The van der Waals surface area contributed by atoms with Gasteiger partial charge in [0.2, 0.25) is 0 Å². The molecule has 23 heavy (non-hydrogen) atoms. The molecule has 0 unspecified atom stereocenters. The van der Waals surface area contributed by atoms with Crippen LogP contribution in [0.1, 0.15) is 29.9 Å². The number of amides is 1. The summed E-state index contributed by atoms with van der Waals surface area (Å²) in [4.78, 5) is 12.5. The van der Waals surface area contributed by atoms with Crippen molar-refractivity contribution in [2.75, 3.05) is 0 Å². The zero-order chi connectivity index (χ0) is 16.6. The molecule has 3 aromatic rings. The molecule has 1 N–H and O–H groups in total. The second-order valence-electron chi connectivity index (χ2n) is 5.67. The highest BCUT2D eigenvalue weighted by molar-refractivity contribution is 9.11. The topological polar surface area (TPSA) is 34.0 Å². The van der Waals surface area contributed by atoms with Crippen molar-refractivity contribution in [1.29, 1.82) is 0 Å². The minimum Gasteiger partial charge on any atom is -0.349 e. The van der Waals surface area contributed by atoms with Crippen LogP contribution in [0.4, 0.5) is 4.39 Å². The minimum atomic E-state index is -0.262. The third kappa shape index (κ3) is 3.48. The number of carbonyl (C=O) groups excluding carboxylic acids is 1. The maximum atomic E-state index is 13.1. The van der Waals surface area contributed by atoms with E-state index in [2.05, 4.69) is 21.2 Å². The minimum absolute atomic E-state index is 0.0708. The maximum absolute atomic E-state index is 13.1. The number of nitrogens with one attached hydrogen (secondary N) is 1. The Morgan fingerprint density at radius 2 is 2.00 bits per heavy atom. The average molecular weight is 395 g/mol. The van der Waals surface area contributed by atoms with Crippen LogP contribution >= 0.6 is 27.3 Å². The Hall–Kier alpha value is -1.66. The summed E-state index contributed by atoms with van der Waals surface area (Å²) < 4.78 is 17.1. The number of hydrogen-bond donors (Lipinski definition) is 1. The number of rotatable bonds is 4. The summed E-state index contributed by atoms with van der Waals surface area (Å²) in [6.07, 6.45) is 0. The van der Waals surface area contributed by atoms with Crippen LogP contribution in [-0.2, 0) is 6.54 Å². The molecule has 0 aliphatic heterocycles. The van der Waals surface area contributed by atoms with Crippen LogP contribution in [0, 0.1) is 5.82 Å². The van der Waals surface area contributed by atoms with E-state index in [0.717, 1.165) is 19.6 Å². The molecule has 2 heterocycles. The van der Waals surface area contributed by atoms with Gasteiger partial charge in [-0.25, -0.2) is 4.39 Å². The molecule has 1 amide bonds. The predicted octanol–water partition coefficient (Wildman–Crippen LogP) is 4.79. The van der Waals surface area contributed by atoms with Crippen molar-refractivity contribution in [3.8, 4) is 0 Å². The van der Waals surface area contributed by atoms with Crippen LogP contribution in [0.15, 0.2) is 40.2 Å². The molecule has 120 valence electrons. The Bertz CT molecular complexity index is 851. The van der Waals surface area contributed by atoms with E-state index < -0.39 is 0 Å². The SMILES string of the molecule is CC(C)NC(=O)c1cc2sc(Br)cc2n1Cc1ccc(F)cc1. The van der Waals surface area contributed by atoms with Gasteiger partial charge in [-0.05, 0) is 59.6 Å². The number of benzene rings is 1. The van der Waals surface area contributed by atoms with E-state index in [4.69, 9.17) is 0 Å². The summed E-state index contributed by atoms with van der Waals surface area (Å²) in [5, 5.41) is 2.93. The largest absolute Gasteiger partial charge is 0.349 e. The first-order valence-corrected chi connectivity index (χ1v) is 8.89. The highest BCUT2D eigenvalue weighted by Crippen LogP contribution is 2.33. The molecule has 3 rings (SSSR count). The van der Waals surface area contributed by atoms with Crippen LogP contribution in [0.5, 0.6) is 0 Å². The van der Waals surface area contributed by atoms with Gasteiger partial charge in [0, 0.05) is 12.6 Å². The summed E-state index contributed by atoms with van der Waals surface area (Å²) >= 11 is 5.08. The quantitative estimate of drug-likeness (QED) is 0.677. The molecule has 0 radical (unpaired) electrons. The Morgan fingerprint density at radius 3 is 2.65 bits per heavy atom. The molecular weight excluding hydrogens is 379 g/mol. The molecule has 2 aromatic heterocycles. The van der Waals surface area contributed by atoms with Gasteiger partial charge in [0.15, 0.2) is 0 Å². The summed E-state index contributed by atoms with van der Waals surface area (Å²) in [5.41, 5.74) is 2.57. The van der Waals surface area contributed by atoms with Crippen LogP contribution in [0.2, 0.25) is 0 Å². The van der Waals surface area contributed by atoms with Crippen molar-refractivity contribution in [1.82, 2.24) is 9.88 Å². The molecule has 0 saturated heterocycles. The predicted molar refractivity (Wildman–Crippen MR) is 95.6 cm³/mol. The lowest BCUT2D eigenvalue weighted by Crippen LogP contribution is -2.31. The third-order valence-electron chi connectivity index (χ3n) is 3.47. The van der Waals surface area contributed by atoms with Crippen LogP contribution in [0.25, 0.3) is 10.2 Å². The number of carbonyl (C=O) groups is 1. The molecule has 0 fully saturated rings. The maximum Gasteiger partial charge on any atom is 0.268 e. The number of halogens is 2. The van der Waals surface area contributed by atoms with E-state index in [0.29, 0.717) is 12.2 Å². The Morgan fingerprint density at radius 1 is 1.30 bits per heavy atom. The van der Waals surface area contributed by atoms with Gasteiger partial charge in [-0.2, -0.15) is 0 Å². The molecule has 0 atom stereocenters. The standard InChI is InChI=1S/C17H16BrFN2OS/c1-10(2)20-17(22)14-7-15-13(8-16(18)23-15)21(14)9-11-3-5-12(19)6-4-11/h3-8,10H,9H2,1-2H3,(H,20,22). The van der Waals surface area contributed by atoms with Crippen molar-refractivity contribution in [2.45, 2.75) is 26.4 Å². The van der Waals surface area contributed by atoms with E-state index in [1.165, 1.54) is 12.1 Å². The fourth-order valence-electron chi connectivity index (χ4n) is 2.48. The molecule has 3 nitrogen and oxygen atoms in total. The summed E-state index contributed by atoms with van der Waals surface area (Å²) in [6, 6.07) is 10.4. The first kappa shape index (κ1) is 16.2. The van der Waals surface area contributed by atoms with Crippen molar-refractivity contribution < 1.29 is 9.18 Å². The van der Waals surface area contributed by atoms with E-state index in [9.17, 15) is 9.18 Å². The highest BCUT2D eigenvalue weighted by atomic mass is 79.9. The third-order valence-corrected chi connectivity index (χ3v) is 5.04. The molecule has 0 aliphatic rings. The molecule has 0 spiro atoms. The van der Waals surface area contributed by atoms with E-state index in [1.54, 1.807) is 23.5 Å². The van der Waals surface area contributed by atoms with Gasteiger partial charge in [-0.1, -0.05) is 12.1 Å². The van der Waals surface area contributed by atoms with E-state index in [1.807, 2.05) is 30.5 Å². The molecule has 0 saturated carbocycles. The monoisotopic (exact) mass is 394 g/mol. The first-order valence-electron chi connectivity index (χ1n) is 7.28. The molecule has 6 heteroatoms. The zero-order valence-corrected chi connectivity index (χ0v) is 15.2. The van der Waals surface area contributed by atoms with Gasteiger partial charge < -0.3 is 9.88 Å². The van der Waals surface area contributed by atoms with Crippen molar-refractivity contribution in [3.63, 3.8) is 0 Å². The molecule has 1 aromatic carbocycles. The smallest absolute Gasteiger partial charge is 0.268 e. The van der Waals surface area contributed by atoms with Crippen molar-refractivity contribution >= 4 is 43.4 Å². The molecule has 0 bridgehead atoms. The summed E-state index contributed by atoms with van der Waals surface area (Å²) in [6.45, 7) is 4.39. The highest BCUT2D eigenvalue weighted by Gasteiger charge is 2.18. The van der Waals surface area contributed by atoms with Gasteiger partial charge >= 0.3 is 0 Å². The first-order chi connectivity index (χ1) is 10.9. The van der Waals surface area contributed by atoms with Gasteiger partial charge in [0.1, 0.15) is 11.5 Å². The number of fused-ring (bicyclic) bond motifs is 1. The van der Waals surface area contributed by atoms with Gasteiger partial charge in [0.05, 0.1) is 14.0 Å². The Labute approximate surface area is 146 Å². The van der Waals surface area contributed by atoms with Gasteiger partial charge in [-0.3, -0.25) is 4.79 Å². The van der Waals surface area contributed by atoms with E-state index in [-0.39, 0.29) is 17.8 Å². The summed E-state index contributed by atoms with van der Waals surface area (Å²) in [5.74, 6) is -0.357. The zero-order valence-electron chi connectivity index (χ0n) is 12.8. The number of hydrogen-bond acceptors (Lipinski definition) is 2. The second kappa shape index (κ2) is 6.45. The number of nitrogens with zero attached hydrogens (tertiary/aromatic N) is 1. The van der Waals surface area contributed by atoms with Gasteiger partial charge in [-0.15, -0.1) is 11.3 Å². The van der Waals surface area contributed by atoms with Crippen molar-refractivity contribution in [2.24, 2.45) is 0 Å². The lowest BCUT2D eigenvalue weighted by atomic mass is 10.2. The fraction of sp³-hybridized carbons (Fsp3) is 0.235. The van der Waals surface area contributed by atoms with Crippen LogP contribution < -0.4 is 5.32 Å². The number of thiophene rings is 1. The lowest BCUT2D eigenvalue weighted by molar-refractivity contribution is 0.0934. The Balaban J connectivity index is 2.04. The Kier molecular flexibility index (Phi) is 4.55. The second-order valence-corrected chi connectivity index (χ2v) is 8.13. The normalized spacial score (nSPS) is 11.3.